The van der Waals surface area contributed by atoms with Gasteiger partial charge in [0.2, 0.25) is 0 Å². The van der Waals surface area contributed by atoms with E-state index in [1.54, 1.807) is 19.1 Å². The highest BCUT2D eigenvalue weighted by Gasteiger charge is 2.05. The molecule has 3 heteroatoms. The summed E-state index contributed by atoms with van der Waals surface area (Å²) in [5.41, 5.74) is 3.64. The molecule has 0 amide bonds. The van der Waals surface area contributed by atoms with Gasteiger partial charge >= 0.3 is 0 Å². The third-order valence-corrected chi connectivity index (χ3v) is 3.25. The molecule has 104 valence electrons. The first-order valence-corrected chi connectivity index (χ1v) is 6.83. The number of hydrogen-bond donors (Lipinski definition) is 0. The lowest BCUT2D eigenvalue weighted by atomic mass is 10.0. The lowest BCUT2D eigenvalue weighted by Crippen LogP contribution is -1.88. The number of benzene rings is 2. The van der Waals surface area contributed by atoms with Crippen LogP contribution in [0.4, 0.5) is 4.39 Å². The molecule has 0 unspecified atom stereocenters. The van der Waals surface area contributed by atoms with Gasteiger partial charge < -0.3 is 0 Å². The summed E-state index contributed by atoms with van der Waals surface area (Å²) in [6, 6.07) is 11.4. The molecular formula is C17H19FN2. The predicted molar refractivity (Wildman–Crippen MR) is 82.2 cm³/mol. The minimum absolute atomic E-state index is 0.168. The van der Waals surface area contributed by atoms with Crippen molar-refractivity contribution in [1.82, 2.24) is 9.78 Å². The fourth-order valence-corrected chi connectivity index (χ4v) is 2.12. The third kappa shape index (κ3) is 2.57. The summed E-state index contributed by atoms with van der Waals surface area (Å²) in [6.45, 7) is 5.77. The zero-order valence-corrected chi connectivity index (χ0v) is 12.3. The number of nitrogens with zero attached hydrogens (tertiary/aromatic N) is 2. The number of fused-ring (bicyclic) bond motifs is 1. The van der Waals surface area contributed by atoms with E-state index >= 15 is 0 Å². The van der Waals surface area contributed by atoms with Crippen LogP contribution in [0.2, 0.25) is 0 Å². The maximum atomic E-state index is 13.6. The Hall–Kier alpha value is -2.16. The molecule has 0 bridgehead atoms. The van der Waals surface area contributed by atoms with E-state index in [1.807, 2.05) is 56.0 Å². The Kier molecular flexibility index (Phi) is 4.18. The van der Waals surface area contributed by atoms with Crippen LogP contribution < -0.4 is 0 Å². The van der Waals surface area contributed by atoms with E-state index in [4.69, 9.17) is 0 Å². The van der Waals surface area contributed by atoms with Crippen molar-refractivity contribution in [2.75, 3.05) is 0 Å². The smallest absolute Gasteiger partial charge is 0.126 e. The van der Waals surface area contributed by atoms with Gasteiger partial charge in [-0.05, 0) is 41.8 Å². The summed E-state index contributed by atoms with van der Waals surface area (Å²) >= 11 is 0. The Balaban J connectivity index is 0.000000704. The normalized spacial score (nSPS) is 10.2. The number of aryl methyl sites for hydroxylation is 2. The summed E-state index contributed by atoms with van der Waals surface area (Å²) in [5.74, 6) is -0.168. The third-order valence-electron chi connectivity index (χ3n) is 3.25. The van der Waals surface area contributed by atoms with Crippen molar-refractivity contribution >= 4 is 10.9 Å². The Morgan fingerprint density at radius 2 is 1.65 bits per heavy atom. The van der Waals surface area contributed by atoms with E-state index in [0.29, 0.717) is 5.56 Å². The van der Waals surface area contributed by atoms with Gasteiger partial charge in [-0.3, -0.25) is 4.68 Å². The van der Waals surface area contributed by atoms with Crippen LogP contribution in [0.3, 0.4) is 0 Å². The summed E-state index contributed by atoms with van der Waals surface area (Å²) in [6.07, 6.45) is 1.82. The van der Waals surface area contributed by atoms with Gasteiger partial charge in [0.05, 0.1) is 11.7 Å². The molecule has 0 aliphatic carbocycles. The fraction of sp³-hybridized carbons (Fsp3) is 0.235. The molecule has 0 aliphatic heterocycles. The highest BCUT2D eigenvalue weighted by molar-refractivity contribution is 5.84. The van der Waals surface area contributed by atoms with Gasteiger partial charge in [-0.15, -0.1) is 0 Å². The van der Waals surface area contributed by atoms with Gasteiger partial charge in [-0.25, -0.2) is 4.39 Å². The van der Waals surface area contributed by atoms with Crippen molar-refractivity contribution in [3.05, 3.63) is 54.0 Å². The first-order chi connectivity index (χ1) is 9.65. The molecular weight excluding hydrogens is 251 g/mol. The second-order valence-corrected chi connectivity index (χ2v) is 4.51. The summed E-state index contributed by atoms with van der Waals surface area (Å²) in [4.78, 5) is 0. The second-order valence-electron chi connectivity index (χ2n) is 4.51. The van der Waals surface area contributed by atoms with Gasteiger partial charge in [0.1, 0.15) is 5.82 Å². The molecule has 0 radical (unpaired) electrons. The first kappa shape index (κ1) is 14.3. The summed E-state index contributed by atoms with van der Waals surface area (Å²) in [7, 11) is 1.91. The SMILES string of the molecule is CC.Cc1ccc(-c2ccc3c(cnn3C)c2)cc1F. The number of rotatable bonds is 1. The molecule has 3 rings (SSSR count). The fourth-order valence-electron chi connectivity index (χ4n) is 2.12. The zero-order chi connectivity index (χ0) is 14.7. The molecule has 0 saturated carbocycles. The van der Waals surface area contributed by atoms with E-state index in [9.17, 15) is 4.39 Å². The lowest BCUT2D eigenvalue weighted by molar-refractivity contribution is 0.619. The number of hydrogen-bond acceptors (Lipinski definition) is 1. The second kappa shape index (κ2) is 5.87. The van der Waals surface area contributed by atoms with E-state index < -0.39 is 0 Å². The van der Waals surface area contributed by atoms with Crippen molar-refractivity contribution in [1.29, 1.82) is 0 Å². The van der Waals surface area contributed by atoms with Crippen LogP contribution in [0, 0.1) is 12.7 Å². The Morgan fingerprint density at radius 1 is 1.00 bits per heavy atom. The van der Waals surface area contributed by atoms with Gasteiger partial charge in [0.25, 0.3) is 0 Å². The van der Waals surface area contributed by atoms with Crippen molar-refractivity contribution in [3.63, 3.8) is 0 Å². The van der Waals surface area contributed by atoms with Crippen LogP contribution in [0.1, 0.15) is 19.4 Å². The number of aromatic nitrogens is 2. The maximum Gasteiger partial charge on any atom is 0.126 e. The van der Waals surface area contributed by atoms with Crippen LogP contribution in [0.25, 0.3) is 22.0 Å². The standard InChI is InChI=1S/C15H13FN2.C2H6/c1-10-3-4-12(8-14(10)16)11-5-6-15-13(7-11)9-17-18(15)2;1-2/h3-9H,1-2H3;1-2H3. The van der Waals surface area contributed by atoms with Gasteiger partial charge in [-0.2, -0.15) is 5.10 Å². The highest BCUT2D eigenvalue weighted by atomic mass is 19.1. The molecule has 3 aromatic rings. The average molecular weight is 270 g/mol. The molecule has 1 aromatic heterocycles. The zero-order valence-electron chi connectivity index (χ0n) is 12.3. The molecule has 0 aliphatic rings. The lowest BCUT2D eigenvalue weighted by Gasteiger charge is -2.04. The molecule has 2 aromatic carbocycles. The predicted octanol–water partition coefficient (Wildman–Crippen LogP) is 4.71. The van der Waals surface area contributed by atoms with E-state index in [1.165, 1.54) is 0 Å². The molecule has 0 fully saturated rings. The molecule has 0 spiro atoms. The van der Waals surface area contributed by atoms with Gasteiger partial charge in [0, 0.05) is 12.4 Å². The molecule has 2 nitrogen and oxygen atoms in total. The Morgan fingerprint density at radius 3 is 2.35 bits per heavy atom. The quantitative estimate of drug-likeness (QED) is 0.626. The van der Waals surface area contributed by atoms with Crippen molar-refractivity contribution in [2.24, 2.45) is 7.05 Å². The van der Waals surface area contributed by atoms with E-state index in [0.717, 1.165) is 22.0 Å². The number of halogens is 1. The molecule has 1 heterocycles. The average Bonchev–Trinajstić information content (AvgIpc) is 2.85. The van der Waals surface area contributed by atoms with Crippen LogP contribution in [0.15, 0.2) is 42.6 Å². The van der Waals surface area contributed by atoms with Crippen molar-refractivity contribution in [2.45, 2.75) is 20.8 Å². The van der Waals surface area contributed by atoms with Crippen molar-refractivity contribution < 1.29 is 4.39 Å². The molecule has 0 saturated heterocycles. The highest BCUT2D eigenvalue weighted by Crippen LogP contribution is 2.25. The van der Waals surface area contributed by atoms with E-state index in [-0.39, 0.29) is 5.82 Å². The van der Waals surface area contributed by atoms with Crippen LogP contribution >= 0.6 is 0 Å². The Labute approximate surface area is 118 Å². The van der Waals surface area contributed by atoms with Crippen molar-refractivity contribution in [3.8, 4) is 11.1 Å². The maximum absolute atomic E-state index is 13.6. The first-order valence-electron chi connectivity index (χ1n) is 6.83. The van der Waals surface area contributed by atoms with Crippen LogP contribution in [0.5, 0.6) is 0 Å². The molecule has 0 atom stereocenters. The summed E-state index contributed by atoms with van der Waals surface area (Å²) < 4.78 is 15.4. The summed E-state index contributed by atoms with van der Waals surface area (Å²) in [5, 5.41) is 5.27. The van der Waals surface area contributed by atoms with Gasteiger partial charge in [0.15, 0.2) is 0 Å². The topological polar surface area (TPSA) is 17.8 Å². The molecule has 0 N–H and O–H groups in total. The minimum atomic E-state index is -0.168. The van der Waals surface area contributed by atoms with E-state index in [2.05, 4.69) is 5.10 Å². The molecule has 20 heavy (non-hydrogen) atoms. The monoisotopic (exact) mass is 270 g/mol. The van der Waals surface area contributed by atoms with Crippen LogP contribution in [-0.4, -0.2) is 9.78 Å². The van der Waals surface area contributed by atoms with Crippen LogP contribution in [-0.2, 0) is 7.05 Å². The largest absolute Gasteiger partial charge is 0.268 e. The minimum Gasteiger partial charge on any atom is -0.268 e. The van der Waals surface area contributed by atoms with Gasteiger partial charge in [-0.1, -0.05) is 32.0 Å². The Bertz CT molecular complexity index is 729.